The lowest BCUT2D eigenvalue weighted by atomic mass is 10.0. The molecule has 1 N–H and O–H groups in total. The van der Waals surface area contributed by atoms with Gasteiger partial charge in [-0.25, -0.2) is 5.43 Å². The molecule has 0 aliphatic carbocycles. The molecule has 6 heteroatoms. The number of aryl methyl sites for hydroxylation is 2. The van der Waals surface area contributed by atoms with E-state index in [-0.39, 0.29) is 17.9 Å². The predicted molar refractivity (Wildman–Crippen MR) is 120 cm³/mol. The zero-order valence-electron chi connectivity index (χ0n) is 16.6. The molecule has 4 rings (SSSR count). The van der Waals surface area contributed by atoms with Gasteiger partial charge in [0.15, 0.2) is 0 Å². The topological polar surface area (TPSA) is 64.0 Å². The number of benzene rings is 3. The van der Waals surface area contributed by atoms with Crippen molar-refractivity contribution in [2.75, 3.05) is 5.43 Å². The Morgan fingerprint density at radius 3 is 2.37 bits per heavy atom. The molecule has 0 bridgehead atoms. The van der Waals surface area contributed by atoms with Crippen LogP contribution in [0.4, 0.5) is 0 Å². The van der Waals surface area contributed by atoms with Gasteiger partial charge >= 0.3 is 0 Å². The highest BCUT2D eigenvalue weighted by Gasteiger charge is 2.14. The highest BCUT2D eigenvalue weighted by molar-refractivity contribution is 6.30. The molecule has 0 aliphatic rings. The van der Waals surface area contributed by atoms with Crippen molar-refractivity contribution in [2.24, 2.45) is 0 Å². The minimum Gasteiger partial charge on any atom is -0.273 e. The molecule has 0 radical (unpaired) electrons. The summed E-state index contributed by atoms with van der Waals surface area (Å²) in [5.41, 5.74) is 6.87. The SMILES string of the molecule is Cc1ccc(-c2nn(NC(=O)Cc3ccc(Cl)cc3)c(=O)c3ccccc23)cc1C. The Hall–Kier alpha value is -3.44. The summed E-state index contributed by atoms with van der Waals surface area (Å²) in [4.78, 5) is 26.5. The first-order chi connectivity index (χ1) is 14.4. The fraction of sp³-hybridized carbons (Fsp3) is 0.125. The Morgan fingerprint density at radius 1 is 0.967 bits per heavy atom. The Labute approximate surface area is 178 Å². The van der Waals surface area contributed by atoms with E-state index in [4.69, 9.17) is 11.6 Å². The molecule has 4 aromatic rings. The highest BCUT2D eigenvalue weighted by atomic mass is 35.5. The summed E-state index contributed by atoms with van der Waals surface area (Å²) >= 11 is 5.89. The van der Waals surface area contributed by atoms with E-state index in [1.807, 2.05) is 44.2 Å². The summed E-state index contributed by atoms with van der Waals surface area (Å²) in [5.74, 6) is -0.340. The smallest absolute Gasteiger partial charge is 0.273 e. The summed E-state index contributed by atoms with van der Waals surface area (Å²) in [5, 5.41) is 6.33. The number of carbonyl (C=O) groups is 1. The lowest BCUT2D eigenvalue weighted by Gasteiger charge is -2.13. The second-order valence-corrected chi connectivity index (χ2v) is 7.68. The van der Waals surface area contributed by atoms with Crippen LogP contribution in [0.1, 0.15) is 16.7 Å². The van der Waals surface area contributed by atoms with Gasteiger partial charge in [0.25, 0.3) is 5.56 Å². The van der Waals surface area contributed by atoms with Gasteiger partial charge in [-0.1, -0.05) is 54.1 Å². The van der Waals surface area contributed by atoms with E-state index in [9.17, 15) is 9.59 Å². The van der Waals surface area contributed by atoms with Crippen LogP contribution < -0.4 is 11.0 Å². The number of hydrogen-bond acceptors (Lipinski definition) is 3. The van der Waals surface area contributed by atoms with Gasteiger partial charge in [-0.15, -0.1) is 9.89 Å². The first kappa shape index (κ1) is 19.9. The van der Waals surface area contributed by atoms with Crippen molar-refractivity contribution in [3.63, 3.8) is 0 Å². The van der Waals surface area contributed by atoms with E-state index in [1.54, 1.807) is 36.4 Å². The van der Waals surface area contributed by atoms with Gasteiger partial charge in [-0.05, 0) is 54.8 Å². The summed E-state index contributed by atoms with van der Waals surface area (Å²) in [6.45, 7) is 4.08. The Morgan fingerprint density at radius 2 is 1.67 bits per heavy atom. The molecule has 0 unspecified atom stereocenters. The molecule has 5 nitrogen and oxygen atoms in total. The third kappa shape index (κ3) is 3.98. The molecular formula is C24H20ClN3O2. The molecule has 0 fully saturated rings. The average Bonchev–Trinajstić information content (AvgIpc) is 2.74. The van der Waals surface area contributed by atoms with Crippen molar-refractivity contribution in [3.05, 3.63) is 98.8 Å². The maximum Gasteiger partial charge on any atom is 0.294 e. The second-order valence-electron chi connectivity index (χ2n) is 7.25. The number of hydrogen-bond donors (Lipinski definition) is 1. The van der Waals surface area contributed by atoms with Crippen molar-refractivity contribution in [1.29, 1.82) is 0 Å². The van der Waals surface area contributed by atoms with Gasteiger partial charge in [-0.2, -0.15) is 0 Å². The monoisotopic (exact) mass is 417 g/mol. The average molecular weight is 418 g/mol. The Bertz CT molecular complexity index is 1310. The first-order valence-electron chi connectivity index (χ1n) is 9.56. The molecule has 150 valence electrons. The molecule has 0 saturated carbocycles. The molecule has 3 aromatic carbocycles. The van der Waals surface area contributed by atoms with Gasteiger partial charge in [0.1, 0.15) is 5.69 Å². The molecule has 30 heavy (non-hydrogen) atoms. The second kappa shape index (κ2) is 8.13. The van der Waals surface area contributed by atoms with E-state index in [0.717, 1.165) is 26.9 Å². The number of fused-ring (bicyclic) bond motifs is 1. The number of aromatic nitrogens is 2. The maximum atomic E-state index is 12.9. The lowest BCUT2D eigenvalue weighted by molar-refractivity contribution is -0.116. The van der Waals surface area contributed by atoms with E-state index in [2.05, 4.69) is 10.5 Å². The fourth-order valence-corrected chi connectivity index (χ4v) is 3.44. The largest absolute Gasteiger partial charge is 0.294 e. The van der Waals surface area contributed by atoms with Gasteiger partial charge in [0, 0.05) is 16.0 Å². The van der Waals surface area contributed by atoms with Crippen LogP contribution in [0.25, 0.3) is 22.0 Å². The molecule has 0 spiro atoms. The first-order valence-corrected chi connectivity index (χ1v) is 9.94. The van der Waals surface area contributed by atoms with E-state index in [1.165, 1.54) is 5.56 Å². The van der Waals surface area contributed by atoms with Crippen LogP contribution in [-0.2, 0) is 11.2 Å². The van der Waals surface area contributed by atoms with Crippen LogP contribution in [0.3, 0.4) is 0 Å². The molecule has 1 aromatic heterocycles. The zero-order valence-corrected chi connectivity index (χ0v) is 17.4. The normalized spacial score (nSPS) is 10.9. The van der Waals surface area contributed by atoms with Crippen LogP contribution in [0.5, 0.6) is 0 Å². The highest BCUT2D eigenvalue weighted by Crippen LogP contribution is 2.26. The molecule has 0 aliphatic heterocycles. The molecular weight excluding hydrogens is 398 g/mol. The van der Waals surface area contributed by atoms with Gasteiger partial charge in [-0.3, -0.25) is 9.59 Å². The van der Waals surface area contributed by atoms with Crippen LogP contribution in [0, 0.1) is 13.8 Å². The number of carbonyl (C=O) groups excluding carboxylic acids is 1. The molecule has 1 heterocycles. The molecule has 0 atom stereocenters. The number of halogens is 1. The van der Waals surface area contributed by atoms with Crippen molar-refractivity contribution in [2.45, 2.75) is 20.3 Å². The van der Waals surface area contributed by atoms with Crippen molar-refractivity contribution < 1.29 is 4.79 Å². The zero-order chi connectivity index (χ0) is 21.3. The summed E-state index contributed by atoms with van der Waals surface area (Å²) in [7, 11) is 0. The van der Waals surface area contributed by atoms with Crippen LogP contribution in [-0.4, -0.2) is 15.8 Å². The summed E-state index contributed by atoms with van der Waals surface area (Å²) < 4.78 is 0. The van der Waals surface area contributed by atoms with E-state index >= 15 is 0 Å². The standard InChI is InChI=1S/C24H20ClN3O2/c1-15-7-10-18(13-16(15)2)23-20-5-3-4-6-21(20)24(30)28(27-23)26-22(29)14-17-8-11-19(25)12-9-17/h3-13H,14H2,1-2H3,(H,26,29). The van der Waals surface area contributed by atoms with Crippen molar-refractivity contribution in [1.82, 2.24) is 9.89 Å². The van der Waals surface area contributed by atoms with Gasteiger partial charge in [0.2, 0.25) is 5.91 Å². The van der Waals surface area contributed by atoms with Crippen LogP contribution in [0.2, 0.25) is 5.02 Å². The molecule has 1 amide bonds. The quantitative estimate of drug-likeness (QED) is 0.525. The van der Waals surface area contributed by atoms with Crippen molar-refractivity contribution >= 4 is 28.3 Å². The predicted octanol–water partition coefficient (Wildman–Crippen LogP) is 4.65. The summed E-state index contributed by atoms with van der Waals surface area (Å²) in [6.07, 6.45) is 0.108. The third-order valence-corrected chi connectivity index (χ3v) is 5.35. The van der Waals surface area contributed by atoms with Crippen LogP contribution >= 0.6 is 11.6 Å². The number of nitrogens with one attached hydrogen (secondary N) is 1. The Kier molecular flexibility index (Phi) is 5.38. The van der Waals surface area contributed by atoms with Gasteiger partial charge < -0.3 is 0 Å². The lowest BCUT2D eigenvalue weighted by Crippen LogP contribution is -2.36. The fourth-order valence-electron chi connectivity index (χ4n) is 3.31. The summed E-state index contributed by atoms with van der Waals surface area (Å²) in [6, 6.07) is 20.3. The minimum atomic E-state index is -0.373. The Balaban J connectivity index is 1.75. The maximum absolute atomic E-state index is 12.9. The van der Waals surface area contributed by atoms with E-state index in [0.29, 0.717) is 16.1 Å². The van der Waals surface area contributed by atoms with Crippen LogP contribution in [0.15, 0.2) is 71.5 Å². The van der Waals surface area contributed by atoms with Gasteiger partial charge in [0.05, 0.1) is 11.8 Å². The molecule has 0 saturated heterocycles. The minimum absolute atomic E-state index is 0.108. The van der Waals surface area contributed by atoms with Crippen molar-refractivity contribution in [3.8, 4) is 11.3 Å². The number of rotatable bonds is 4. The van der Waals surface area contributed by atoms with E-state index < -0.39 is 0 Å². The number of amides is 1. The third-order valence-electron chi connectivity index (χ3n) is 5.09. The number of nitrogens with zero attached hydrogens (tertiary/aromatic N) is 2.